The Morgan fingerprint density at radius 3 is 1.82 bits per heavy atom. The molecule has 0 bridgehead atoms. The minimum absolute atomic E-state index is 0.706. The van der Waals surface area contributed by atoms with Gasteiger partial charge in [0.25, 0.3) is 0 Å². The minimum atomic E-state index is -3.65. The topological polar surface area (TPSA) is 30.7 Å². The molecule has 11 rings (SSSR count). The molecule has 3 nitrogen and oxygen atoms in total. The van der Waals surface area contributed by atoms with Crippen LogP contribution < -0.4 is 17.6 Å². The van der Waals surface area contributed by atoms with Gasteiger partial charge >= 0.3 is 303 Å². The van der Waals surface area contributed by atoms with Gasteiger partial charge in [-0.25, -0.2) is 0 Å². The summed E-state index contributed by atoms with van der Waals surface area (Å²) in [6, 6.07) is 64.2. The third-order valence-corrected chi connectivity index (χ3v) is 22.1. The molecular formula is C46H29GeN3S. The van der Waals surface area contributed by atoms with Crippen molar-refractivity contribution in [3.63, 3.8) is 0 Å². The van der Waals surface area contributed by atoms with E-state index < -0.39 is 13.3 Å². The molecule has 0 saturated carbocycles. The van der Waals surface area contributed by atoms with Crippen LogP contribution in [0.25, 0.3) is 70.4 Å². The number of aromatic nitrogens is 3. The Bertz CT molecular complexity index is 2930. The number of rotatable bonds is 4. The van der Waals surface area contributed by atoms with Crippen LogP contribution >= 0.6 is 11.3 Å². The summed E-state index contributed by atoms with van der Waals surface area (Å²) >= 11 is -1.79. The molecule has 7 aromatic carbocycles. The first-order valence-corrected chi connectivity index (χ1v) is 22.4. The molecule has 0 aliphatic carbocycles. The molecule has 5 heteroatoms. The average molecular weight is 728 g/mol. The molecule has 0 atom stereocenters. The summed E-state index contributed by atoms with van der Waals surface area (Å²) in [5.41, 5.74) is 6.68. The van der Waals surface area contributed by atoms with Crippen LogP contribution in [0.4, 0.5) is 0 Å². The second-order valence-corrected chi connectivity index (χ2v) is 22.1. The Morgan fingerprint density at radius 2 is 1.06 bits per heavy atom. The van der Waals surface area contributed by atoms with Crippen molar-refractivity contribution in [3.8, 4) is 28.5 Å². The number of thiophene rings is 1. The van der Waals surface area contributed by atoms with E-state index in [-0.39, 0.29) is 0 Å². The van der Waals surface area contributed by atoms with Crippen LogP contribution in [0, 0.1) is 0 Å². The Kier molecular flexibility index (Phi) is 6.30. The zero-order chi connectivity index (χ0) is 33.5. The molecule has 4 heterocycles. The zero-order valence-electron chi connectivity index (χ0n) is 27.5. The molecule has 0 unspecified atom stereocenters. The van der Waals surface area contributed by atoms with Crippen LogP contribution in [0.2, 0.25) is 0 Å². The van der Waals surface area contributed by atoms with Gasteiger partial charge in [0.05, 0.1) is 0 Å². The molecule has 0 fully saturated rings. The molecule has 0 spiro atoms. The van der Waals surface area contributed by atoms with Crippen molar-refractivity contribution in [3.05, 3.63) is 176 Å². The Morgan fingerprint density at radius 1 is 0.471 bits per heavy atom. The first kappa shape index (κ1) is 29.0. The predicted octanol–water partition coefficient (Wildman–Crippen LogP) is 8.97. The molecule has 0 saturated heterocycles. The average Bonchev–Trinajstić information content (AvgIpc) is 3.85. The number of benzene rings is 7. The molecule has 1 aliphatic heterocycles. The normalized spacial score (nSPS) is 13.3. The second-order valence-electron chi connectivity index (χ2n) is 13.3. The summed E-state index contributed by atoms with van der Waals surface area (Å²) in [5, 5.41) is 4.98. The van der Waals surface area contributed by atoms with E-state index in [2.05, 4.69) is 180 Å². The van der Waals surface area contributed by atoms with E-state index in [1.807, 2.05) is 11.3 Å². The first-order valence-electron chi connectivity index (χ1n) is 17.3. The Hall–Kier alpha value is -5.82. The van der Waals surface area contributed by atoms with E-state index in [1.54, 1.807) is 0 Å². The summed E-state index contributed by atoms with van der Waals surface area (Å²) in [6.45, 7) is 0. The fourth-order valence-electron chi connectivity index (χ4n) is 8.64. The third-order valence-electron chi connectivity index (χ3n) is 10.7. The van der Waals surface area contributed by atoms with Gasteiger partial charge in [0.15, 0.2) is 0 Å². The standard InChI is InChI=1S/C46H29GeN3S/c1-4-16-30(17-5-1)42-41-43(37-24-10-13-25-38(37)47(41,31-18-6-2-7-19-31)32-20-8-3-9-21-32)49-46(48-42)50-39-26-14-11-22-33(39)35-28-29-36-34-23-12-15-27-40(34)51-45(36)44(35)50/h1-29H. The Balaban J connectivity index is 1.34. The van der Waals surface area contributed by atoms with Crippen molar-refractivity contribution in [2.75, 3.05) is 0 Å². The van der Waals surface area contributed by atoms with Gasteiger partial charge in [-0.3, -0.25) is 0 Å². The van der Waals surface area contributed by atoms with Gasteiger partial charge in [-0.2, -0.15) is 0 Å². The monoisotopic (exact) mass is 729 g/mol. The van der Waals surface area contributed by atoms with Crippen LogP contribution in [0.15, 0.2) is 176 Å². The van der Waals surface area contributed by atoms with Crippen molar-refractivity contribution >= 4 is 84.2 Å². The molecule has 238 valence electrons. The van der Waals surface area contributed by atoms with Crippen LogP contribution in [-0.2, 0) is 0 Å². The van der Waals surface area contributed by atoms with Gasteiger partial charge < -0.3 is 0 Å². The van der Waals surface area contributed by atoms with Crippen LogP contribution in [0.5, 0.6) is 0 Å². The molecular weight excluding hydrogens is 699 g/mol. The number of nitrogens with zero attached hydrogens (tertiary/aromatic N) is 3. The summed E-state index contributed by atoms with van der Waals surface area (Å²) < 4.78 is 10.4. The zero-order valence-corrected chi connectivity index (χ0v) is 30.4. The van der Waals surface area contributed by atoms with E-state index in [9.17, 15) is 0 Å². The van der Waals surface area contributed by atoms with Crippen molar-refractivity contribution in [1.82, 2.24) is 14.5 Å². The summed E-state index contributed by atoms with van der Waals surface area (Å²) in [4.78, 5) is 11.5. The van der Waals surface area contributed by atoms with E-state index in [4.69, 9.17) is 9.97 Å². The molecule has 0 radical (unpaired) electrons. The second kappa shape index (κ2) is 11.1. The van der Waals surface area contributed by atoms with E-state index >= 15 is 0 Å². The van der Waals surface area contributed by atoms with Gasteiger partial charge in [-0.15, -0.1) is 0 Å². The molecule has 1 aliphatic rings. The van der Waals surface area contributed by atoms with E-state index in [0.29, 0.717) is 5.95 Å². The van der Waals surface area contributed by atoms with Gasteiger partial charge in [0.2, 0.25) is 0 Å². The maximum absolute atomic E-state index is 5.75. The number of para-hydroxylation sites is 1. The summed E-state index contributed by atoms with van der Waals surface area (Å²) in [7, 11) is 0. The predicted molar refractivity (Wildman–Crippen MR) is 217 cm³/mol. The van der Waals surface area contributed by atoms with Gasteiger partial charge in [-0.05, 0) is 0 Å². The fourth-order valence-corrected chi connectivity index (χ4v) is 20.9. The quantitative estimate of drug-likeness (QED) is 0.170. The van der Waals surface area contributed by atoms with E-state index in [1.165, 1.54) is 59.6 Å². The van der Waals surface area contributed by atoms with Gasteiger partial charge in [-0.1, -0.05) is 0 Å². The fraction of sp³-hybridized carbons (Fsp3) is 0. The number of fused-ring (bicyclic) bond motifs is 10. The Labute approximate surface area is 301 Å². The molecule has 51 heavy (non-hydrogen) atoms. The van der Waals surface area contributed by atoms with Gasteiger partial charge in [0.1, 0.15) is 0 Å². The van der Waals surface area contributed by atoms with Crippen molar-refractivity contribution < 1.29 is 0 Å². The molecule has 0 N–H and O–H groups in total. The van der Waals surface area contributed by atoms with Crippen LogP contribution in [0.3, 0.4) is 0 Å². The van der Waals surface area contributed by atoms with Crippen molar-refractivity contribution in [2.24, 2.45) is 0 Å². The number of hydrogen-bond acceptors (Lipinski definition) is 3. The third kappa shape index (κ3) is 4.00. The molecule has 3 aromatic heterocycles. The maximum atomic E-state index is 5.75. The SMILES string of the molecule is c1ccc(-c2nc(-n3c4ccccc4c4ccc5c6ccccc6sc5c43)nc3[c]2[Ge]([c]2ccccc2)([c]2ccccc2)[c]2ccccc2-3)cc1. The van der Waals surface area contributed by atoms with Gasteiger partial charge in [0, 0.05) is 0 Å². The van der Waals surface area contributed by atoms with Crippen LogP contribution in [0.1, 0.15) is 0 Å². The molecule has 10 aromatic rings. The summed E-state index contributed by atoms with van der Waals surface area (Å²) in [6.07, 6.45) is 0. The number of hydrogen-bond donors (Lipinski definition) is 0. The van der Waals surface area contributed by atoms with Crippen molar-refractivity contribution in [1.29, 1.82) is 0 Å². The van der Waals surface area contributed by atoms with E-state index in [0.717, 1.165) is 22.5 Å². The summed E-state index contributed by atoms with van der Waals surface area (Å²) in [5.74, 6) is 0.706. The van der Waals surface area contributed by atoms with Crippen molar-refractivity contribution in [2.45, 2.75) is 0 Å². The molecule has 0 amide bonds. The first-order chi connectivity index (χ1) is 25.3. The van der Waals surface area contributed by atoms with Crippen LogP contribution in [-0.4, -0.2) is 27.8 Å².